The molecule has 3 nitrogen and oxygen atoms in total. The number of carboxylic acids is 1. The van der Waals surface area contributed by atoms with Crippen LogP contribution in [0.5, 0.6) is 0 Å². The quantitative estimate of drug-likeness (QED) is 0.538. The predicted molar refractivity (Wildman–Crippen MR) is 27.9 cm³/mol. The second-order valence-electron chi connectivity index (χ2n) is 1.84. The van der Waals surface area contributed by atoms with Crippen LogP contribution in [0, 0.1) is 0 Å². The van der Waals surface area contributed by atoms with Gasteiger partial charge in [0.2, 0.25) is 0 Å². The molecule has 0 atom stereocenters. The van der Waals surface area contributed by atoms with E-state index in [1.54, 1.807) is 0 Å². The molecule has 0 saturated heterocycles. The lowest BCUT2D eigenvalue weighted by Gasteiger charge is -2.13. The Labute approximate surface area is 60.3 Å². The molecule has 64 valence electrons. The molecule has 0 radical (unpaired) electrons. The fourth-order valence-corrected chi connectivity index (χ4v) is 0.500. The number of aliphatic carboxylic acids is 1. The van der Waals surface area contributed by atoms with E-state index in [0.29, 0.717) is 0 Å². The first-order valence-corrected chi connectivity index (χ1v) is 2.51. The second-order valence-corrected chi connectivity index (χ2v) is 1.84. The molecule has 2 N–H and O–H groups in total. The molecule has 11 heavy (non-hydrogen) atoms. The van der Waals surface area contributed by atoms with Gasteiger partial charge < -0.3 is 15.6 Å². The summed E-state index contributed by atoms with van der Waals surface area (Å²) in [4.78, 5) is 9.82. The molecule has 0 heterocycles. The fraction of sp³-hybridized carbons (Fsp3) is 0.400. The lowest BCUT2D eigenvalue weighted by atomic mass is 10.2. The largest absolute Gasteiger partial charge is 0.545 e. The summed E-state index contributed by atoms with van der Waals surface area (Å²) in [5.74, 6) is -2.31. The minimum absolute atomic E-state index is 0.808. The summed E-state index contributed by atoms with van der Waals surface area (Å²) in [6.07, 6.45) is -4.95. The number of allylic oxidation sites excluding steroid dienone is 1. The van der Waals surface area contributed by atoms with E-state index >= 15 is 0 Å². The van der Waals surface area contributed by atoms with Crippen molar-refractivity contribution in [3.05, 3.63) is 11.3 Å². The second kappa shape index (κ2) is 2.81. The van der Waals surface area contributed by atoms with Gasteiger partial charge in [-0.1, -0.05) is 0 Å². The summed E-state index contributed by atoms with van der Waals surface area (Å²) in [6.45, 7) is 0.846. The van der Waals surface area contributed by atoms with Gasteiger partial charge in [0.05, 0.1) is 11.5 Å². The fourth-order valence-electron chi connectivity index (χ4n) is 0.500. The SMILES string of the molecule is C/C(N)=C(/C(=O)[O-])C(F)(F)F. The topological polar surface area (TPSA) is 66.2 Å². The summed E-state index contributed by atoms with van der Waals surface area (Å²) in [5.41, 5.74) is 2.03. The monoisotopic (exact) mass is 168 g/mol. The van der Waals surface area contributed by atoms with Crippen LogP contribution in [0.25, 0.3) is 0 Å². The number of carbonyl (C=O) groups is 1. The van der Waals surface area contributed by atoms with Crippen LogP contribution in [0.15, 0.2) is 11.3 Å². The number of rotatable bonds is 1. The first-order valence-electron chi connectivity index (χ1n) is 2.51. The zero-order chi connectivity index (χ0) is 9.23. The Kier molecular flexibility index (Phi) is 2.50. The molecule has 6 heteroatoms. The number of hydrogen-bond acceptors (Lipinski definition) is 3. The standard InChI is InChI=1S/C5H6F3NO2/c1-2(9)3(4(10)11)5(6,7)8/h9H2,1H3,(H,10,11)/p-1/b3-2+. The van der Waals surface area contributed by atoms with Gasteiger partial charge in [0, 0.05) is 5.70 Å². The molecule has 0 bridgehead atoms. The Balaban J connectivity index is 4.96. The minimum atomic E-state index is -4.95. The van der Waals surface area contributed by atoms with Gasteiger partial charge in [-0.15, -0.1) is 0 Å². The van der Waals surface area contributed by atoms with Crippen LogP contribution in [0.2, 0.25) is 0 Å². The van der Waals surface area contributed by atoms with Crippen LogP contribution >= 0.6 is 0 Å². The van der Waals surface area contributed by atoms with Crippen LogP contribution in [0.4, 0.5) is 13.2 Å². The van der Waals surface area contributed by atoms with Crippen molar-refractivity contribution in [3.63, 3.8) is 0 Å². The molecular formula is C5H5F3NO2-. The Bertz CT molecular complexity index is 202. The van der Waals surface area contributed by atoms with E-state index in [1.165, 1.54) is 0 Å². The Morgan fingerprint density at radius 2 is 1.82 bits per heavy atom. The van der Waals surface area contributed by atoms with Crippen LogP contribution in [0.1, 0.15) is 6.92 Å². The van der Waals surface area contributed by atoms with Gasteiger partial charge in [-0.3, -0.25) is 0 Å². The molecule has 0 aromatic heterocycles. The van der Waals surface area contributed by atoms with Crippen molar-refractivity contribution < 1.29 is 23.1 Å². The van der Waals surface area contributed by atoms with E-state index in [4.69, 9.17) is 0 Å². The van der Waals surface area contributed by atoms with E-state index in [2.05, 4.69) is 5.73 Å². The van der Waals surface area contributed by atoms with Crippen LogP contribution in [0.3, 0.4) is 0 Å². The summed E-state index contributed by atoms with van der Waals surface area (Å²) in [6, 6.07) is 0. The van der Waals surface area contributed by atoms with Gasteiger partial charge in [0.25, 0.3) is 0 Å². The molecule has 0 aromatic carbocycles. The van der Waals surface area contributed by atoms with Crippen molar-refractivity contribution >= 4 is 5.97 Å². The lowest BCUT2D eigenvalue weighted by Crippen LogP contribution is -2.34. The van der Waals surface area contributed by atoms with Crippen LogP contribution in [-0.2, 0) is 4.79 Å². The van der Waals surface area contributed by atoms with E-state index in [0.717, 1.165) is 6.92 Å². The number of nitrogens with two attached hydrogens (primary N) is 1. The summed E-state index contributed by atoms with van der Waals surface area (Å²) >= 11 is 0. The zero-order valence-electron chi connectivity index (χ0n) is 5.53. The molecule has 0 rings (SSSR count). The highest BCUT2D eigenvalue weighted by Gasteiger charge is 2.35. The van der Waals surface area contributed by atoms with Crippen molar-refractivity contribution in [2.45, 2.75) is 13.1 Å². The van der Waals surface area contributed by atoms with Gasteiger partial charge in [0.15, 0.2) is 0 Å². The summed E-state index contributed by atoms with van der Waals surface area (Å²) in [5, 5.41) is 9.82. The Morgan fingerprint density at radius 1 is 1.45 bits per heavy atom. The zero-order valence-corrected chi connectivity index (χ0v) is 5.53. The van der Waals surface area contributed by atoms with Gasteiger partial charge in [0.1, 0.15) is 0 Å². The summed E-state index contributed by atoms with van der Waals surface area (Å²) < 4.78 is 35.0. The molecule has 0 aliphatic carbocycles. The third kappa shape index (κ3) is 2.48. The van der Waals surface area contributed by atoms with Crippen molar-refractivity contribution in [2.24, 2.45) is 5.73 Å². The third-order valence-electron chi connectivity index (χ3n) is 0.882. The maximum absolute atomic E-state index is 11.7. The van der Waals surface area contributed by atoms with Crippen molar-refractivity contribution in [1.29, 1.82) is 0 Å². The molecule has 0 aliphatic rings. The highest BCUT2D eigenvalue weighted by atomic mass is 19.4. The third-order valence-corrected chi connectivity index (χ3v) is 0.882. The van der Waals surface area contributed by atoms with E-state index in [1.807, 2.05) is 0 Å². The van der Waals surface area contributed by atoms with Gasteiger partial charge >= 0.3 is 6.18 Å². The molecule has 0 amide bonds. The first-order chi connectivity index (χ1) is 4.76. The first kappa shape index (κ1) is 9.80. The molecular weight excluding hydrogens is 163 g/mol. The molecule has 0 spiro atoms. The average molecular weight is 168 g/mol. The van der Waals surface area contributed by atoms with E-state index in [9.17, 15) is 23.1 Å². The van der Waals surface area contributed by atoms with Gasteiger partial charge in [-0.2, -0.15) is 13.2 Å². The summed E-state index contributed by atoms with van der Waals surface area (Å²) in [7, 11) is 0. The maximum Gasteiger partial charge on any atom is 0.419 e. The molecule has 0 fully saturated rings. The minimum Gasteiger partial charge on any atom is -0.545 e. The van der Waals surface area contributed by atoms with Crippen molar-refractivity contribution in [1.82, 2.24) is 0 Å². The Morgan fingerprint density at radius 3 is 1.82 bits per heavy atom. The highest BCUT2D eigenvalue weighted by molar-refractivity contribution is 5.86. The number of hydrogen-bond donors (Lipinski definition) is 1. The Hall–Kier alpha value is -1.20. The lowest BCUT2D eigenvalue weighted by molar-refractivity contribution is -0.303. The van der Waals surface area contributed by atoms with Crippen LogP contribution in [-0.4, -0.2) is 12.1 Å². The predicted octanol–water partition coefficient (Wildman–Crippen LogP) is -0.469. The van der Waals surface area contributed by atoms with Gasteiger partial charge in [-0.05, 0) is 6.92 Å². The number of halogens is 3. The van der Waals surface area contributed by atoms with Gasteiger partial charge in [-0.25, -0.2) is 0 Å². The normalized spacial score (nSPS) is 14.2. The highest BCUT2D eigenvalue weighted by Crippen LogP contribution is 2.26. The van der Waals surface area contributed by atoms with Crippen molar-refractivity contribution in [3.8, 4) is 0 Å². The van der Waals surface area contributed by atoms with E-state index in [-0.39, 0.29) is 0 Å². The molecule has 0 unspecified atom stereocenters. The molecule has 0 saturated carbocycles. The average Bonchev–Trinajstić information content (AvgIpc) is 1.54. The van der Waals surface area contributed by atoms with Crippen LogP contribution < -0.4 is 10.8 Å². The maximum atomic E-state index is 11.7. The molecule has 0 aliphatic heterocycles. The smallest absolute Gasteiger partial charge is 0.419 e. The number of carbonyl (C=O) groups excluding carboxylic acids is 1. The number of alkyl halides is 3. The van der Waals surface area contributed by atoms with E-state index < -0.39 is 23.4 Å². The van der Waals surface area contributed by atoms with Crippen molar-refractivity contribution in [2.75, 3.05) is 0 Å². The number of carboxylic acid groups (broad SMARTS) is 1. The molecule has 0 aromatic rings.